The second-order valence-electron chi connectivity index (χ2n) is 4.45. The van der Waals surface area contributed by atoms with Crippen LogP contribution < -0.4 is 10.2 Å². The number of nitrogens with one attached hydrogen (secondary N) is 1. The van der Waals surface area contributed by atoms with E-state index < -0.39 is 6.43 Å². The zero-order valence-corrected chi connectivity index (χ0v) is 11.0. The highest BCUT2D eigenvalue weighted by Crippen LogP contribution is 2.26. The van der Waals surface area contributed by atoms with Crippen molar-refractivity contribution < 1.29 is 8.78 Å². The molecule has 0 radical (unpaired) electrons. The highest BCUT2D eigenvalue weighted by Gasteiger charge is 2.13. The molecule has 1 aromatic carbocycles. The molecule has 0 saturated heterocycles. The van der Waals surface area contributed by atoms with E-state index in [1.54, 1.807) is 13.2 Å². The van der Waals surface area contributed by atoms with Gasteiger partial charge in [0, 0.05) is 25.2 Å². The third-order valence-electron chi connectivity index (χ3n) is 3.00. The molecule has 0 aliphatic heterocycles. The Balaban J connectivity index is 2.49. The number of aromatic nitrogens is 1. The van der Waals surface area contributed by atoms with Gasteiger partial charge in [-0.05, 0) is 18.0 Å². The summed E-state index contributed by atoms with van der Waals surface area (Å²) in [4.78, 5) is 5.83. The van der Waals surface area contributed by atoms with Gasteiger partial charge in [0.1, 0.15) is 5.82 Å². The zero-order chi connectivity index (χ0) is 13.8. The largest absolute Gasteiger partial charge is 0.353 e. The molecule has 19 heavy (non-hydrogen) atoms. The molecule has 3 nitrogen and oxygen atoms in total. The average molecular weight is 265 g/mol. The molecular formula is C14H17F2N3. The van der Waals surface area contributed by atoms with Gasteiger partial charge in [0.15, 0.2) is 0 Å². The molecule has 0 unspecified atom stereocenters. The Labute approximate surface area is 111 Å². The molecular weight excluding hydrogens is 248 g/mol. The summed E-state index contributed by atoms with van der Waals surface area (Å²) < 4.78 is 25.0. The number of hydrogen-bond donors (Lipinski definition) is 1. The van der Waals surface area contributed by atoms with Gasteiger partial charge in [0.05, 0.1) is 6.54 Å². The van der Waals surface area contributed by atoms with Crippen molar-refractivity contribution >= 4 is 16.6 Å². The number of fused-ring (bicyclic) bond motifs is 1. The number of hydrogen-bond acceptors (Lipinski definition) is 3. The van der Waals surface area contributed by atoms with Crippen molar-refractivity contribution in [1.29, 1.82) is 0 Å². The summed E-state index contributed by atoms with van der Waals surface area (Å²) in [7, 11) is 3.50. The Kier molecular flexibility index (Phi) is 4.27. The Morgan fingerprint density at radius 3 is 2.58 bits per heavy atom. The van der Waals surface area contributed by atoms with Crippen molar-refractivity contribution in [3.8, 4) is 0 Å². The van der Waals surface area contributed by atoms with E-state index in [1.165, 1.54) is 4.90 Å². The summed E-state index contributed by atoms with van der Waals surface area (Å²) in [5, 5.41) is 5.03. The number of anilines is 1. The molecule has 5 heteroatoms. The van der Waals surface area contributed by atoms with Gasteiger partial charge in [0.25, 0.3) is 6.43 Å². The van der Waals surface area contributed by atoms with E-state index >= 15 is 0 Å². The predicted molar refractivity (Wildman–Crippen MR) is 73.8 cm³/mol. The van der Waals surface area contributed by atoms with Crippen LogP contribution in [0.3, 0.4) is 0 Å². The number of halogens is 2. The number of alkyl halides is 2. The first-order valence-corrected chi connectivity index (χ1v) is 6.14. The molecule has 0 saturated carbocycles. The van der Waals surface area contributed by atoms with Gasteiger partial charge < -0.3 is 10.2 Å². The van der Waals surface area contributed by atoms with Crippen LogP contribution in [0.15, 0.2) is 30.5 Å². The minimum Gasteiger partial charge on any atom is -0.353 e. The normalized spacial score (nSPS) is 11.2. The number of rotatable bonds is 5. The lowest BCUT2D eigenvalue weighted by molar-refractivity contribution is 0.156. The van der Waals surface area contributed by atoms with Crippen molar-refractivity contribution in [2.45, 2.75) is 13.0 Å². The molecule has 1 N–H and O–H groups in total. The van der Waals surface area contributed by atoms with Crippen LogP contribution in [0.25, 0.3) is 10.8 Å². The highest BCUT2D eigenvalue weighted by atomic mass is 19.3. The van der Waals surface area contributed by atoms with Gasteiger partial charge in [-0.2, -0.15) is 0 Å². The zero-order valence-electron chi connectivity index (χ0n) is 11.0. The second-order valence-corrected chi connectivity index (χ2v) is 4.45. The quantitative estimate of drug-likeness (QED) is 0.901. The fraction of sp³-hybridized carbons (Fsp3) is 0.357. The molecule has 2 rings (SSSR count). The van der Waals surface area contributed by atoms with Crippen molar-refractivity contribution in [3.63, 3.8) is 0 Å². The third kappa shape index (κ3) is 2.98. The Morgan fingerprint density at radius 2 is 1.95 bits per heavy atom. The minimum absolute atomic E-state index is 0.317. The number of pyridine rings is 1. The van der Waals surface area contributed by atoms with Crippen LogP contribution in [0.5, 0.6) is 0 Å². The third-order valence-corrected chi connectivity index (χ3v) is 3.00. The van der Waals surface area contributed by atoms with Crippen molar-refractivity contribution in [1.82, 2.24) is 10.3 Å². The van der Waals surface area contributed by atoms with E-state index in [2.05, 4.69) is 10.3 Å². The van der Waals surface area contributed by atoms with Gasteiger partial charge in [-0.3, -0.25) is 0 Å². The summed E-state index contributed by atoms with van der Waals surface area (Å²) in [6, 6.07) is 7.74. The monoisotopic (exact) mass is 265 g/mol. The predicted octanol–water partition coefficient (Wildman–Crippen LogP) is 2.66. The van der Waals surface area contributed by atoms with E-state index in [1.807, 2.05) is 31.3 Å². The van der Waals surface area contributed by atoms with Crippen molar-refractivity contribution in [2.75, 3.05) is 25.5 Å². The van der Waals surface area contributed by atoms with Crippen LogP contribution in [0.2, 0.25) is 0 Å². The first-order valence-electron chi connectivity index (χ1n) is 6.14. The van der Waals surface area contributed by atoms with Crippen LogP contribution in [0, 0.1) is 0 Å². The SMILES string of the molecule is CNCc1cnc(N(C)CC(F)F)c2ccccc12. The average Bonchev–Trinajstić information content (AvgIpc) is 2.38. The van der Waals surface area contributed by atoms with Gasteiger partial charge in [-0.15, -0.1) is 0 Å². The molecule has 0 spiro atoms. The Bertz CT molecular complexity index is 557. The fourth-order valence-electron chi connectivity index (χ4n) is 2.17. The standard InChI is InChI=1S/C14H17F2N3/c1-17-7-10-8-18-14(19(2)9-13(15)16)12-6-4-3-5-11(10)12/h3-6,8,13,17H,7,9H2,1-2H3. The van der Waals surface area contributed by atoms with E-state index in [9.17, 15) is 8.78 Å². The maximum absolute atomic E-state index is 12.5. The summed E-state index contributed by atoms with van der Waals surface area (Å²) >= 11 is 0. The molecule has 102 valence electrons. The molecule has 0 aliphatic rings. The molecule has 0 fully saturated rings. The summed E-state index contributed by atoms with van der Waals surface area (Å²) in [5.74, 6) is 0.593. The van der Waals surface area contributed by atoms with E-state index in [0.29, 0.717) is 12.4 Å². The van der Waals surface area contributed by atoms with Crippen LogP contribution >= 0.6 is 0 Å². The molecule has 0 amide bonds. The van der Waals surface area contributed by atoms with Gasteiger partial charge in [-0.25, -0.2) is 13.8 Å². The van der Waals surface area contributed by atoms with Crippen molar-refractivity contribution in [3.05, 3.63) is 36.0 Å². The lowest BCUT2D eigenvalue weighted by atomic mass is 10.1. The summed E-state index contributed by atoms with van der Waals surface area (Å²) in [6.07, 6.45) is -0.626. The molecule has 2 aromatic rings. The fourth-order valence-corrected chi connectivity index (χ4v) is 2.17. The highest BCUT2D eigenvalue weighted by molar-refractivity contribution is 5.94. The molecule has 0 atom stereocenters. The van der Waals surface area contributed by atoms with Crippen molar-refractivity contribution in [2.24, 2.45) is 0 Å². The van der Waals surface area contributed by atoms with Crippen LogP contribution in [-0.4, -0.2) is 32.0 Å². The van der Waals surface area contributed by atoms with E-state index in [4.69, 9.17) is 0 Å². The van der Waals surface area contributed by atoms with E-state index in [-0.39, 0.29) is 6.54 Å². The van der Waals surface area contributed by atoms with Gasteiger partial charge in [-0.1, -0.05) is 24.3 Å². The van der Waals surface area contributed by atoms with Crippen LogP contribution in [-0.2, 0) is 6.54 Å². The van der Waals surface area contributed by atoms with Crippen LogP contribution in [0.4, 0.5) is 14.6 Å². The van der Waals surface area contributed by atoms with Gasteiger partial charge in [0.2, 0.25) is 0 Å². The van der Waals surface area contributed by atoms with E-state index in [0.717, 1.165) is 16.3 Å². The molecule has 0 aliphatic carbocycles. The maximum Gasteiger partial charge on any atom is 0.255 e. The Morgan fingerprint density at radius 1 is 1.26 bits per heavy atom. The smallest absolute Gasteiger partial charge is 0.255 e. The lowest BCUT2D eigenvalue weighted by Gasteiger charge is -2.20. The Hall–Kier alpha value is -1.75. The van der Waals surface area contributed by atoms with Crippen LogP contribution in [0.1, 0.15) is 5.56 Å². The first-order chi connectivity index (χ1) is 9.13. The van der Waals surface area contributed by atoms with Gasteiger partial charge >= 0.3 is 0 Å². The maximum atomic E-state index is 12.5. The lowest BCUT2D eigenvalue weighted by Crippen LogP contribution is -2.25. The number of nitrogens with zero attached hydrogens (tertiary/aromatic N) is 2. The summed E-state index contributed by atoms with van der Waals surface area (Å²) in [5.41, 5.74) is 1.06. The topological polar surface area (TPSA) is 28.2 Å². The minimum atomic E-state index is -2.37. The first kappa shape index (κ1) is 13.7. The number of benzene rings is 1. The molecule has 1 heterocycles. The molecule has 1 aromatic heterocycles. The summed E-state index contributed by atoms with van der Waals surface area (Å²) in [6.45, 7) is 0.384. The second kappa shape index (κ2) is 5.93. The molecule has 0 bridgehead atoms.